The number of nitriles is 1. The monoisotopic (exact) mass is 366 g/mol. The summed E-state index contributed by atoms with van der Waals surface area (Å²) in [7, 11) is 0. The molecule has 1 aromatic rings. The third kappa shape index (κ3) is 3.56. The van der Waals surface area contributed by atoms with Gasteiger partial charge in [-0.05, 0) is 55.4 Å². The van der Waals surface area contributed by atoms with Crippen LogP contribution in [0.3, 0.4) is 0 Å². The summed E-state index contributed by atoms with van der Waals surface area (Å²) in [6.07, 6.45) is 4.37. The smallest absolute Gasteiger partial charge is 0.101 e. The van der Waals surface area contributed by atoms with Gasteiger partial charge in [0.15, 0.2) is 0 Å². The average Bonchev–Trinajstić information content (AvgIpc) is 2.50. The summed E-state index contributed by atoms with van der Waals surface area (Å²) in [4.78, 5) is 0. The van der Waals surface area contributed by atoms with Gasteiger partial charge in [0, 0.05) is 17.1 Å². The first-order valence-corrected chi connectivity index (χ1v) is 9.33. The Labute approximate surface area is 138 Å². The Kier molecular flexibility index (Phi) is 4.78. The van der Waals surface area contributed by atoms with Crippen molar-refractivity contribution in [3.05, 3.63) is 28.2 Å². The number of ether oxygens (including phenoxy) is 1. The molecule has 5 heteroatoms. The molecule has 3 rings (SSSR count). The molecule has 0 aromatic heterocycles. The van der Waals surface area contributed by atoms with Gasteiger partial charge in [0.1, 0.15) is 6.07 Å². The number of nitrogens with one attached hydrogen (secondary N) is 1. The zero-order valence-corrected chi connectivity index (χ0v) is 14.3. The van der Waals surface area contributed by atoms with Crippen molar-refractivity contribution in [2.75, 3.05) is 23.4 Å². The van der Waals surface area contributed by atoms with Crippen molar-refractivity contribution in [3.63, 3.8) is 0 Å². The zero-order chi connectivity index (χ0) is 14.7. The highest BCUT2D eigenvalue weighted by Crippen LogP contribution is 2.38. The van der Waals surface area contributed by atoms with Crippen LogP contribution in [-0.2, 0) is 4.74 Å². The molecule has 21 heavy (non-hydrogen) atoms. The zero-order valence-electron chi connectivity index (χ0n) is 11.9. The summed E-state index contributed by atoms with van der Waals surface area (Å²) in [6.45, 7) is 0.820. The molecule has 0 amide bonds. The van der Waals surface area contributed by atoms with Crippen LogP contribution in [0.2, 0.25) is 0 Å². The summed E-state index contributed by atoms with van der Waals surface area (Å²) >= 11 is 5.45. The molecule has 112 valence electrons. The fourth-order valence-electron chi connectivity index (χ4n) is 3.20. The highest BCUT2D eigenvalue weighted by molar-refractivity contribution is 9.10. The van der Waals surface area contributed by atoms with Crippen molar-refractivity contribution in [1.29, 1.82) is 5.26 Å². The van der Waals surface area contributed by atoms with Crippen LogP contribution < -0.4 is 5.32 Å². The van der Waals surface area contributed by atoms with Crippen molar-refractivity contribution < 1.29 is 4.74 Å². The number of hydrogen-bond donors (Lipinski definition) is 1. The van der Waals surface area contributed by atoms with E-state index in [9.17, 15) is 5.26 Å². The van der Waals surface area contributed by atoms with Crippen LogP contribution >= 0.6 is 27.7 Å². The molecule has 3 nitrogen and oxygen atoms in total. The second-order valence-corrected chi connectivity index (χ2v) is 7.92. The highest BCUT2D eigenvalue weighted by atomic mass is 79.9. The van der Waals surface area contributed by atoms with Crippen LogP contribution in [-0.4, -0.2) is 29.8 Å². The van der Waals surface area contributed by atoms with E-state index in [0.29, 0.717) is 11.6 Å². The van der Waals surface area contributed by atoms with Gasteiger partial charge in [-0.25, -0.2) is 0 Å². The van der Waals surface area contributed by atoms with E-state index >= 15 is 0 Å². The minimum Gasteiger partial charge on any atom is -0.381 e. The van der Waals surface area contributed by atoms with Crippen molar-refractivity contribution in [3.8, 4) is 6.07 Å². The predicted molar refractivity (Wildman–Crippen MR) is 90.7 cm³/mol. The molecule has 1 spiro atoms. The first-order chi connectivity index (χ1) is 10.2. The largest absolute Gasteiger partial charge is 0.381 e. The molecule has 2 heterocycles. The second kappa shape index (κ2) is 6.60. The lowest BCUT2D eigenvalue weighted by molar-refractivity contribution is -0.0865. The van der Waals surface area contributed by atoms with E-state index in [2.05, 4.69) is 27.3 Å². The Morgan fingerprint density at radius 3 is 2.95 bits per heavy atom. The lowest BCUT2D eigenvalue weighted by Crippen LogP contribution is -2.46. The van der Waals surface area contributed by atoms with E-state index in [-0.39, 0.29) is 5.60 Å². The van der Waals surface area contributed by atoms with Crippen molar-refractivity contribution in [1.82, 2.24) is 0 Å². The Balaban J connectivity index is 1.71. The normalized spacial score (nSPS) is 24.5. The Hall–Kier alpha value is -0.700. The fourth-order valence-corrected chi connectivity index (χ4v) is 4.80. The fraction of sp³-hybridized carbons (Fsp3) is 0.562. The maximum atomic E-state index is 9.28. The lowest BCUT2D eigenvalue weighted by Gasteiger charge is -2.43. The standard InChI is InChI=1S/C16H19BrN2OS/c17-13-1-2-15(12(9-13)11-18)19-14-3-6-20-16(10-14)4-7-21-8-5-16/h1-2,9,14,19H,3-8,10H2. The van der Waals surface area contributed by atoms with Crippen LogP contribution in [0.25, 0.3) is 0 Å². The van der Waals surface area contributed by atoms with Gasteiger partial charge in [0.05, 0.1) is 16.9 Å². The molecular formula is C16H19BrN2OS. The molecule has 0 bridgehead atoms. The van der Waals surface area contributed by atoms with Crippen molar-refractivity contribution >= 4 is 33.4 Å². The summed E-state index contributed by atoms with van der Waals surface area (Å²) < 4.78 is 7.07. The molecule has 0 saturated carbocycles. The van der Waals surface area contributed by atoms with E-state index < -0.39 is 0 Å². The Morgan fingerprint density at radius 2 is 2.19 bits per heavy atom. The molecule has 1 unspecified atom stereocenters. The van der Waals surface area contributed by atoms with Crippen LogP contribution in [0, 0.1) is 11.3 Å². The van der Waals surface area contributed by atoms with Crippen molar-refractivity contribution in [2.45, 2.75) is 37.3 Å². The first kappa shape index (κ1) is 15.2. The summed E-state index contributed by atoms with van der Waals surface area (Å²) in [5, 5.41) is 12.8. The number of hydrogen-bond acceptors (Lipinski definition) is 4. The SMILES string of the molecule is N#Cc1cc(Br)ccc1NC1CCOC2(CCSCC2)C1. The van der Waals surface area contributed by atoms with Crippen LogP contribution in [0.4, 0.5) is 5.69 Å². The van der Waals surface area contributed by atoms with Gasteiger partial charge in [0.25, 0.3) is 0 Å². The molecule has 1 atom stereocenters. The molecule has 2 aliphatic rings. The van der Waals surface area contributed by atoms with E-state index in [1.54, 1.807) is 0 Å². The molecule has 2 aliphatic heterocycles. The van der Waals surface area contributed by atoms with Gasteiger partial charge in [-0.2, -0.15) is 17.0 Å². The number of thioether (sulfide) groups is 1. The molecule has 2 fully saturated rings. The molecule has 2 saturated heterocycles. The number of halogens is 1. The Bertz CT molecular complexity index is 546. The predicted octanol–water partition coefficient (Wildman–Crippen LogP) is 4.18. The molecule has 0 radical (unpaired) electrons. The summed E-state index contributed by atoms with van der Waals surface area (Å²) in [5.41, 5.74) is 1.71. The minimum atomic E-state index is 0.0728. The van der Waals surface area contributed by atoms with Gasteiger partial charge in [-0.3, -0.25) is 0 Å². The van der Waals surface area contributed by atoms with E-state index in [1.807, 2.05) is 30.0 Å². The number of benzene rings is 1. The molecular weight excluding hydrogens is 348 g/mol. The number of anilines is 1. The van der Waals surface area contributed by atoms with Gasteiger partial charge >= 0.3 is 0 Å². The number of nitrogens with zero attached hydrogens (tertiary/aromatic N) is 1. The van der Waals surface area contributed by atoms with Gasteiger partial charge in [-0.1, -0.05) is 15.9 Å². The van der Waals surface area contributed by atoms with Crippen molar-refractivity contribution in [2.24, 2.45) is 0 Å². The summed E-state index contributed by atoms with van der Waals surface area (Å²) in [5.74, 6) is 2.41. The van der Waals surface area contributed by atoms with E-state index in [4.69, 9.17) is 4.74 Å². The van der Waals surface area contributed by atoms with E-state index in [1.165, 1.54) is 11.5 Å². The second-order valence-electron chi connectivity index (χ2n) is 5.78. The van der Waals surface area contributed by atoms with Gasteiger partial charge in [0.2, 0.25) is 0 Å². The topological polar surface area (TPSA) is 45.0 Å². The maximum Gasteiger partial charge on any atom is 0.101 e. The first-order valence-electron chi connectivity index (χ1n) is 7.39. The van der Waals surface area contributed by atoms with Gasteiger partial charge in [-0.15, -0.1) is 0 Å². The quantitative estimate of drug-likeness (QED) is 0.852. The number of rotatable bonds is 2. The minimum absolute atomic E-state index is 0.0728. The lowest BCUT2D eigenvalue weighted by atomic mass is 9.85. The third-order valence-electron chi connectivity index (χ3n) is 4.36. The molecule has 1 aromatic carbocycles. The average molecular weight is 367 g/mol. The van der Waals surface area contributed by atoms with Gasteiger partial charge < -0.3 is 10.1 Å². The highest BCUT2D eigenvalue weighted by Gasteiger charge is 2.38. The Morgan fingerprint density at radius 1 is 1.38 bits per heavy atom. The third-order valence-corrected chi connectivity index (χ3v) is 5.84. The van der Waals surface area contributed by atoms with E-state index in [0.717, 1.165) is 42.5 Å². The molecule has 1 N–H and O–H groups in total. The molecule has 0 aliphatic carbocycles. The summed E-state index contributed by atoms with van der Waals surface area (Å²) in [6, 6.07) is 8.51. The van der Waals surface area contributed by atoms with Crippen LogP contribution in [0.15, 0.2) is 22.7 Å². The maximum absolute atomic E-state index is 9.28. The van der Waals surface area contributed by atoms with Crippen LogP contribution in [0.1, 0.15) is 31.2 Å². The van der Waals surface area contributed by atoms with Crippen LogP contribution in [0.5, 0.6) is 0 Å².